The molecule has 0 fully saturated rings. The Hall–Kier alpha value is -1.26. The highest BCUT2D eigenvalue weighted by atomic mass is 35.5. The second-order valence-electron chi connectivity index (χ2n) is 6.08. The van der Waals surface area contributed by atoms with Crippen LogP contribution in [-0.4, -0.2) is 15.7 Å². The van der Waals surface area contributed by atoms with Crippen LogP contribution in [0.25, 0.3) is 11.0 Å². The molecule has 0 radical (unpaired) electrons. The van der Waals surface area contributed by atoms with Gasteiger partial charge in [0.1, 0.15) is 11.0 Å². The molecule has 6 heteroatoms. The molecule has 0 N–H and O–H groups in total. The highest BCUT2D eigenvalue weighted by molar-refractivity contribution is 6.36. The third-order valence-corrected chi connectivity index (χ3v) is 4.44. The van der Waals surface area contributed by atoms with E-state index in [1.54, 1.807) is 0 Å². The number of hydrogen-bond acceptors (Lipinski definition) is 3. The van der Waals surface area contributed by atoms with Crippen LogP contribution in [0, 0.1) is 5.92 Å². The van der Waals surface area contributed by atoms with Crippen LogP contribution in [0.4, 0.5) is 0 Å². The van der Waals surface area contributed by atoms with E-state index in [2.05, 4.69) is 18.8 Å². The lowest BCUT2D eigenvalue weighted by Gasteiger charge is -2.16. The Morgan fingerprint density at radius 3 is 2.48 bits per heavy atom. The van der Waals surface area contributed by atoms with Crippen molar-refractivity contribution in [2.45, 2.75) is 52.9 Å². The van der Waals surface area contributed by atoms with Gasteiger partial charge in [-0.1, -0.05) is 45.4 Å². The number of imidazole rings is 1. The van der Waals surface area contributed by atoms with Gasteiger partial charge in [0.25, 0.3) is 0 Å². The van der Waals surface area contributed by atoms with E-state index in [1.165, 1.54) is 4.73 Å². The molecule has 0 aliphatic rings. The Bertz CT molecular complexity index is 706. The summed E-state index contributed by atoms with van der Waals surface area (Å²) in [6, 6.07) is 3.79. The van der Waals surface area contributed by atoms with Crippen LogP contribution >= 0.6 is 23.2 Å². The summed E-state index contributed by atoms with van der Waals surface area (Å²) >= 11 is 12.5. The van der Waals surface area contributed by atoms with Gasteiger partial charge in [0, 0.05) is 0 Å². The molecule has 1 heterocycles. The monoisotopic (exact) mass is 356 g/mol. The van der Waals surface area contributed by atoms with E-state index in [0.29, 0.717) is 28.4 Å². The van der Waals surface area contributed by atoms with Gasteiger partial charge in [-0.05, 0) is 47.9 Å². The zero-order chi connectivity index (χ0) is 17.1. The molecule has 0 aliphatic carbocycles. The second-order valence-corrected chi connectivity index (χ2v) is 6.83. The minimum absolute atomic E-state index is 0.109. The first-order valence-corrected chi connectivity index (χ1v) is 8.72. The van der Waals surface area contributed by atoms with E-state index in [9.17, 15) is 4.79 Å². The fourth-order valence-corrected chi connectivity index (χ4v) is 3.13. The summed E-state index contributed by atoms with van der Waals surface area (Å²) < 4.78 is 1.32. The molecule has 0 aliphatic heterocycles. The molecule has 0 saturated heterocycles. The lowest BCUT2D eigenvalue weighted by Crippen LogP contribution is -2.21. The van der Waals surface area contributed by atoms with Crippen molar-refractivity contribution < 1.29 is 9.63 Å². The van der Waals surface area contributed by atoms with Crippen molar-refractivity contribution in [2.24, 2.45) is 5.92 Å². The average molecular weight is 357 g/mol. The highest BCUT2D eigenvalue weighted by Crippen LogP contribution is 2.35. The molecule has 0 spiro atoms. The van der Waals surface area contributed by atoms with Crippen molar-refractivity contribution in [1.82, 2.24) is 9.71 Å². The maximum atomic E-state index is 12.1. The van der Waals surface area contributed by atoms with Gasteiger partial charge < -0.3 is 4.84 Å². The van der Waals surface area contributed by atoms with Gasteiger partial charge in [0.05, 0.1) is 11.4 Å². The Morgan fingerprint density at radius 2 is 1.91 bits per heavy atom. The van der Waals surface area contributed by atoms with E-state index in [-0.39, 0.29) is 17.2 Å². The molecular weight excluding hydrogens is 335 g/mol. The van der Waals surface area contributed by atoms with Crippen molar-refractivity contribution in [3.8, 4) is 0 Å². The van der Waals surface area contributed by atoms with Gasteiger partial charge in [-0.15, -0.1) is 4.73 Å². The third kappa shape index (κ3) is 3.81. The molecule has 0 amide bonds. The molecule has 23 heavy (non-hydrogen) atoms. The van der Waals surface area contributed by atoms with Gasteiger partial charge >= 0.3 is 5.97 Å². The maximum Gasteiger partial charge on any atom is 0.333 e. The number of benzene rings is 1. The number of halogens is 2. The number of rotatable bonds is 6. The molecule has 0 unspecified atom stereocenters. The molecule has 1 aromatic heterocycles. The topological polar surface area (TPSA) is 44.1 Å². The van der Waals surface area contributed by atoms with E-state index < -0.39 is 0 Å². The first-order valence-electron chi connectivity index (χ1n) is 7.96. The predicted molar refractivity (Wildman–Crippen MR) is 94.1 cm³/mol. The normalized spacial score (nSPS) is 11.7. The minimum Gasteiger partial charge on any atom is -0.333 e. The molecule has 2 rings (SSSR count). The van der Waals surface area contributed by atoms with Crippen molar-refractivity contribution in [3.05, 3.63) is 28.0 Å². The molecule has 0 saturated carbocycles. The van der Waals surface area contributed by atoms with E-state index >= 15 is 0 Å². The predicted octanol–water partition coefficient (Wildman–Crippen LogP) is 5.25. The summed E-state index contributed by atoms with van der Waals surface area (Å²) in [5.41, 5.74) is 2.30. The zero-order valence-corrected chi connectivity index (χ0v) is 15.4. The molecule has 1 aromatic carbocycles. The third-order valence-electron chi connectivity index (χ3n) is 3.90. The summed E-state index contributed by atoms with van der Waals surface area (Å²) in [4.78, 5) is 21.8. The van der Waals surface area contributed by atoms with Gasteiger partial charge in [0.15, 0.2) is 0 Å². The number of carbonyl (C=O) groups excluding carboxylic acids is 1. The standard InChI is InChI=1S/C17H22Cl2N2O2/c1-5-11(6-2)12-7-8-13(18)15-16(12)21(17(19)20-15)23-14(22)9-10(3)4/h7-8,10-11H,5-6,9H2,1-4H3. The summed E-state index contributed by atoms with van der Waals surface area (Å²) in [5.74, 6) is 0.194. The second kappa shape index (κ2) is 7.54. The van der Waals surface area contributed by atoms with Crippen molar-refractivity contribution in [3.63, 3.8) is 0 Å². The summed E-state index contributed by atoms with van der Waals surface area (Å²) in [7, 11) is 0. The van der Waals surface area contributed by atoms with Crippen molar-refractivity contribution >= 4 is 40.2 Å². The number of carbonyl (C=O) groups is 1. The van der Waals surface area contributed by atoms with Gasteiger partial charge in [-0.2, -0.15) is 0 Å². The van der Waals surface area contributed by atoms with Gasteiger partial charge in [-0.3, -0.25) is 0 Å². The largest absolute Gasteiger partial charge is 0.333 e. The number of hydrogen-bond donors (Lipinski definition) is 0. The number of fused-ring (bicyclic) bond motifs is 1. The summed E-state index contributed by atoms with van der Waals surface area (Å²) in [6.07, 6.45) is 2.25. The van der Waals surface area contributed by atoms with Crippen LogP contribution in [-0.2, 0) is 4.79 Å². The lowest BCUT2D eigenvalue weighted by molar-refractivity contribution is -0.144. The van der Waals surface area contributed by atoms with Gasteiger partial charge in [0.2, 0.25) is 5.28 Å². The van der Waals surface area contributed by atoms with Gasteiger partial charge in [-0.25, -0.2) is 9.78 Å². The van der Waals surface area contributed by atoms with Crippen LogP contribution in [0.15, 0.2) is 12.1 Å². The Balaban J connectivity index is 2.57. The van der Waals surface area contributed by atoms with Crippen LogP contribution < -0.4 is 4.84 Å². The average Bonchev–Trinajstić information content (AvgIpc) is 2.80. The Labute approximate surface area is 146 Å². The quantitative estimate of drug-likeness (QED) is 0.709. The SMILES string of the molecule is CCC(CC)c1ccc(Cl)c2nc(Cl)n(OC(=O)CC(C)C)c12. The molecular formula is C17H22Cl2N2O2. The summed E-state index contributed by atoms with van der Waals surface area (Å²) in [6.45, 7) is 8.17. The first-order chi connectivity index (χ1) is 10.9. The number of nitrogens with zero attached hydrogens (tertiary/aromatic N) is 2. The fraction of sp³-hybridized carbons (Fsp3) is 0.529. The number of aromatic nitrogens is 2. The molecule has 0 bridgehead atoms. The van der Waals surface area contributed by atoms with Crippen molar-refractivity contribution in [1.29, 1.82) is 0 Å². The molecule has 126 valence electrons. The van der Waals surface area contributed by atoms with Crippen LogP contribution in [0.1, 0.15) is 58.4 Å². The van der Waals surface area contributed by atoms with E-state index in [4.69, 9.17) is 28.0 Å². The maximum absolute atomic E-state index is 12.1. The van der Waals surface area contributed by atoms with Crippen molar-refractivity contribution in [2.75, 3.05) is 0 Å². The van der Waals surface area contributed by atoms with E-state index in [0.717, 1.165) is 18.4 Å². The Kier molecular flexibility index (Phi) is 5.93. The van der Waals surface area contributed by atoms with E-state index in [1.807, 2.05) is 26.0 Å². The smallest absolute Gasteiger partial charge is 0.333 e. The minimum atomic E-state index is -0.336. The zero-order valence-electron chi connectivity index (χ0n) is 13.9. The fourth-order valence-electron chi connectivity index (χ4n) is 2.73. The van der Waals surface area contributed by atoms with Crippen LogP contribution in [0.5, 0.6) is 0 Å². The Morgan fingerprint density at radius 1 is 1.26 bits per heavy atom. The molecule has 4 nitrogen and oxygen atoms in total. The van der Waals surface area contributed by atoms with Crippen LogP contribution in [0.2, 0.25) is 10.3 Å². The molecule has 2 aromatic rings. The lowest BCUT2D eigenvalue weighted by atomic mass is 9.93. The first kappa shape index (κ1) is 18.1. The summed E-state index contributed by atoms with van der Waals surface area (Å²) in [5, 5.41) is 0.604. The van der Waals surface area contributed by atoms with Crippen LogP contribution in [0.3, 0.4) is 0 Å². The highest BCUT2D eigenvalue weighted by Gasteiger charge is 2.22. The molecule has 0 atom stereocenters.